The lowest BCUT2D eigenvalue weighted by molar-refractivity contribution is 0.0225. The number of rotatable bonds is 6. The highest BCUT2D eigenvalue weighted by atomic mass is 16.5. The van der Waals surface area contributed by atoms with E-state index in [1.165, 1.54) is 0 Å². The molecule has 1 aromatic rings. The molecule has 0 bridgehead atoms. The summed E-state index contributed by atoms with van der Waals surface area (Å²) >= 11 is 0. The van der Waals surface area contributed by atoms with Crippen molar-refractivity contribution in [2.24, 2.45) is 5.16 Å². The molecule has 0 radical (unpaired) electrons. The lowest BCUT2D eigenvalue weighted by atomic mass is 9.96. The fourth-order valence-electron chi connectivity index (χ4n) is 2.24. The first kappa shape index (κ1) is 14.7. The van der Waals surface area contributed by atoms with Gasteiger partial charge in [0.25, 0.3) is 0 Å². The van der Waals surface area contributed by atoms with Crippen molar-refractivity contribution in [3.05, 3.63) is 24.3 Å². The van der Waals surface area contributed by atoms with E-state index in [0.717, 1.165) is 42.9 Å². The summed E-state index contributed by atoms with van der Waals surface area (Å²) in [5.41, 5.74) is 0.874. The molecule has 0 amide bonds. The van der Waals surface area contributed by atoms with Crippen LogP contribution in [-0.4, -0.2) is 37.3 Å². The van der Waals surface area contributed by atoms with Crippen LogP contribution in [0.25, 0.3) is 0 Å². The van der Waals surface area contributed by atoms with Gasteiger partial charge in [-0.3, -0.25) is 0 Å². The summed E-state index contributed by atoms with van der Waals surface area (Å²) in [6, 6.07) is 7.49. The molecule has 1 aliphatic carbocycles. The summed E-state index contributed by atoms with van der Waals surface area (Å²) in [6.45, 7) is 1.10. The fraction of sp³-hybridized carbons (Fsp3) is 0.533. The molecule has 5 heteroatoms. The van der Waals surface area contributed by atoms with Gasteiger partial charge in [-0.1, -0.05) is 5.16 Å². The summed E-state index contributed by atoms with van der Waals surface area (Å²) in [5.74, 6) is 1.63. The lowest BCUT2D eigenvalue weighted by Gasteiger charge is -2.22. The summed E-state index contributed by atoms with van der Waals surface area (Å²) in [7, 11) is 1.64. The molecule has 1 N–H and O–H groups in total. The van der Waals surface area contributed by atoms with Gasteiger partial charge in [-0.25, -0.2) is 0 Å². The van der Waals surface area contributed by atoms with E-state index in [-0.39, 0.29) is 6.10 Å². The van der Waals surface area contributed by atoms with E-state index in [2.05, 4.69) is 5.16 Å². The van der Waals surface area contributed by atoms with Gasteiger partial charge in [0.2, 0.25) is 0 Å². The third-order valence-corrected chi connectivity index (χ3v) is 3.42. The molecular weight excluding hydrogens is 258 g/mol. The first-order valence-corrected chi connectivity index (χ1v) is 6.90. The molecule has 5 nitrogen and oxygen atoms in total. The van der Waals surface area contributed by atoms with Gasteiger partial charge in [-0.2, -0.15) is 0 Å². The van der Waals surface area contributed by atoms with E-state index < -0.39 is 0 Å². The van der Waals surface area contributed by atoms with Gasteiger partial charge in [0.05, 0.1) is 25.5 Å². The SMILES string of the molecule is COc1ccc(OCCOC2CCC(=NO)CC2)cc1. The average Bonchev–Trinajstić information content (AvgIpc) is 2.53. The van der Waals surface area contributed by atoms with Crippen molar-refractivity contribution < 1.29 is 19.4 Å². The standard InChI is InChI=1S/C15H21NO4/c1-18-13-6-8-15(9-7-13)20-11-10-19-14-4-2-12(16-17)3-5-14/h6-9,14,17H,2-5,10-11H2,1H3. The Labute approximate surface area is 119 Å². The molecular formula is C15H21NO4. The molecule has 1 fully saturated rings. The molecule has 20 heavy (non-hydrogen) atoms. The summed E-state index contributed by atoms with van der Waals surface area (Å²) in [5, 5.41) is 11.9. The highest BCUT2D eigenvalue weighted by Crippen LogP contribution is 2.19. The second-order valence-electron chi connectivity index (χ2n) is 4.76. The van der Waals surface area contributed by atoms with Crippen molar-refractivity contribution in [1.29, 1.82) is 0 Å². The average molecular weight is 279 g/mol. The first-order chi connectivity index (χ1) is 9.81. The van der Waals surface area contributed by atoms with Crippen LogP contribution in [0.5, 0.6) is 11.5 Å². The van der Waals surface area contributed by atoms with Gasteiger partial charge in [-0.05, 0) is 49.9 Å². The zero-order valence-corrected chi connectivity index (χ0v) is 11.7. The molecule has 0 unspecified atom stereocenters. The number of methoxy groups -OCH3 is 1. The smallest absolute Gasteiger partial charge is 0.119 e. The molecule has 1 saturated carbocycles. The Hall–Kier alpha value is -1.75. The zero-order chi connectivity index (χ0) is 14.2. The number of benzene rings is 1. The lowest BCUT2D eigenvalue weighted by Crippen LogP contribution is -2.23. The van der Waals surface area contributed by atoms with Crippen LogP contribution in [0, 0.1) is 0 Å². The Morgan fingerprint density at radius 3 is 2.35 bits per heavy atom. The Balaban J connectivity index is 1.61. The second kappa shape index (κ2) is 7.75. The Morgan fingerprint density at radius 1 is 1.10 bits per heavy atom. The molecule has 0 saturated heterocycles. The molecule has 1 aromatic carbocycles. The van der Waals surface area contributed by atoms with Crippen LogP contribution in [0.15, 0.2) is 29.4 Å². The van der Waals surface area contributed by atoms with Gasteiger partial charge in [0.15, 0.2) is 0 Å². The molecule has 2 rings (SSSR count). The molecule has 0 heterocycles. The van der Waals surface area contributed by atoms with Gasteiger partial charge in [0.1, 0.15) is 18.1 Å². The van der Waals surface area contributed by atoms with Crippen molar-refractivity contribution in [3.8, 4) is 11.5 Å². The summed E-state index contributed by atoms with van der Waals surface area (Å²) in [6.07, 6.45) is 3.73. The number of hydrogen-bond donors (Lipinski definition) is 1. The first-order valence-electron chi connectivity index (χ1n) is 6.90. The van der Waals surface area contributed by atoms with Crippen molar-refractivity contribution >= 4 is 5.71 Å². The highest BCUT2D eigenvalue weighted by molar-refractivity contribution is 5.84. The fourth-order valence-corrected chi connectivity index (χ4v) is 2.24. The maximum Gasteiger partial charge on any atom is 0.119 e. The van der Waals surface area contributed by atoms with Crippen molar-refractivity contribution in [3.63, 3.8) is 0 Å². The number of oxime groups is 1. The third kappa shape index (κ3) is 4.42. The van der Waals surface area contributed by atoms with Gasteiger partial charge < -0.3 is 19.4 Å². The Morgan fingerprint density at radius 2 is 1.75 bits per heavy atom. The molecule has 0 spiro atoms. The predicted octanol–water partition coefficient (Wildman–Crippen LogP) is 2.86. The quantitative estimate of drug-likeness (QED) is 0.494. The third-order valence-electron chi connectivity index (χ3n) is 3.42. The van der Waals surface area contributed by atoms with E-state index in [4.69, 9.17) is 19.4 Å². The van der Waals surface area contributed by atoms with E-state index in [1.807, 2.05) is 24.3 Å². The summed E-state index contributed by atoms with van der Waals surface area (Å²) < 4.78 is 16.4. The number of nitrogens with zero attached hydrogens (tertiary/aromatic N) is 1. The van der Waals surface area contributed by atoms with Crippen LogP contribution in [0.4, 0.5) is 0 Å². The van der Waals surface area contributed by atoms with E-state index >= 15 is 0 Å². The van der Waals surface area contributed by atoms with Crippen LogP contribution >= 0.6 is 0 Å². The van der Waals surface area contributed by atoms with Gasteiger partial charge in [0, 0.05) is 0 Å². The zero-order valence-electron chi connectivity index (χ0n) is 11.7. The maximum absolute atomic E-state index is 8.67. The normalized spacial score (nSPS) is 18.6. The van der Waals surface area contributed by atoms with Gasteiger partial charge in [-0.15, -0.1) is 0 Å². The van der Waals surface area contributed by atoms with Crippen LogP contribution < -0.4 is 9.47 Å². The van der Waals surface area contributed by atoms with Crippen LogP contribution in [0.2, 0.25) is 0 Å². The van der Waals surface area contributed by atoms with Crippen LogP contribution in [0.1, 0.15) is 25.7 Å². The second-order valence-corrected chi connectivity index (χ2v) is 4.76. The number of ether oxygens (including phenoxy) is 3. The maximum atomic E-state index is 8.67. The monoisotopic (exact) mass is 279 g/mol. The Bertz CT molecular complexity index is 420. The van der Waals surface area contributed by atoms with E-state index in [9.17, 15) is 0 Å². The molecule has 0 aliphatic heterocycles. The number of hydrogen-bond acceptors (Lipinski definition) is 5. The Kier molecular flexibility index (Phi) is 5.68. The topological polar surface area (TPSA) is 60.3 Å². The van der Waals surface area contributed by atoms with E-state index in [1.54, 1.807) is 7.11 Å². The molecule has 1 aliphatic rings. The summed E-state index contributed by atoms with van der Waals surface area (Å²) in [4.78, 5) is 0. The van der Waals surface area contributed by atoms with Crippen molar-refractivity contribution in [2.75, 3.05) is 20.3 Å². The minimum absolute atomic E-state index is 0.250. The molecule has 110 valence electrons. The highest BCUT2D eigenvalue weighted by Gasteiger charge is 2.18. The van der Waals surface area contributed by atoms with E-state index in [0.29, 0.717) is 13.2 Å². The predicted molar refractivity (Wildman–Crippen MR) is 75.9 cm³/mol. The van der Waals surface area contributed by atoms with Crippen LogP contribution in [0.3, 0.4) is 0 Å². The minimum Gasteiger partial charge on any atom is -0.497 e. The van der Waals surface area contributed by atoms with Gasteiger partial charge >= 0.3 is 0 Å². The molecule has 0 aromatic heterocycles. The largest absolute Gasteiger partial charge is 0.497 e. The van der Waals surface area contributed by atoms with Crippen molar-refractivity contribution in [1.82, 2.24) is 0 Å². The van der Waals surface area contributed by atoms with Crippen LogP contribution in [-0.2, 0) is 4.74 Å². The molecule has 0 atom stereocenters. The minimum atomic E-state index is 0.250. The van der Waals surface area contributed by atoms with Crippen molar-refractivity contribution in [2.45, 2.75) is 31.8 Å².